The Labute approximate surface area is 120 Å². The summed E-state index contributed by atoms with van der Waals surface area (Å²) in [6, 6.07) is 3.72. The summed E-state index contributed by atoms with van der Waals surface area (Å²) in [5, 5.41) is 6.25. The highest BCUT2D eigenvalue weighted by Crippen LogP contribution is 2.15. The summed E-state index contributed by atoms with van der Waals surface area (Å²) in [6.45, 7) is 7.55. The highest BCUT2D eigenvalue weighted by atomic mass is 16.5. The zero-order valence-electron chi connectivity index (χ0n) is 12.4. The SMILES string of the molecule is CCCNc1cc(C(=O)NC2CCOC2C)cc(C)n1. The van der Waals surface area contributed by atoms with E-state index in [-0.39, 0.29) is 18.1 Å². The number of nitrogens with one attached hydrogen (secondary N) is 2. The van der Waals surface area contributed by atoms with Crippen molar-refractivity contribution in [1.29, 1.82) is 0 Å². The van der Waals surface area contributed by atoms with E-state index in [0.29, 0.717) is 12.2 Å². The van der Waals surface area contributed by atoms with Crippen LogP contribution in [0.3, 0.4) is 0 Å². The molecule has 2 atom stereocenters. The molecule has 1 aromatic heterocycles. The third kappa shape index (κ3) is 3.70. The number of rotatable bonds is 5. The van der Waals surface area contributed by atoms with Crippen LogP contribution in [0, 0.1) is 6.92 Å². The van der Waals surface area contributed by atoms with Crippen molar-refractivity contribution in [3.05, 3.63) is 23.4 Å². The van der Waals surface area contributed by atoms with E-state index in [1.807, 2.05) is 19.9 Å². The van der Waals surface area contributed by atoms with E-state index < -0.39 is 0 Å². The lowest BCUT2D eigenvalue weighted by Gasteiger charge is -2.16. The first-order chi connectivity index (χ1) is 9.60. The molecule has 110 valence electrons. The third-order valence-corrected chi connectivity index (χ3v) is 3.46. The van der Waals surface area contributed by atoms with E-state index in [1.54, 1.807) is 6.07 Å². The van der Waals surface area contributed by atoms with Crippen LogP contribution in [0.5, 0.6) is 0 Å². The second-order valence-corrected chi connectivity index (χ2v) is 5.25. The van der Waals surface area contributed by atoms with Crippen molar-refractivity contribution in [2.45, 2.75) is 45.8 Å². The Kier molecular flexibility index (Phi) is 4.95. The number of pyridine rings is 1. The standard InChI is InChI=1S/C15H23N3O2/c1-4-6-16-14-9-12(8-10(2)17-14)15(19)18-13-5-7-20-11(13)3/h8-9,11,13H,4-7H2,1-3H3,(H,16,17)(H,18,19). The van der Waals surface area contributed by atoms with E-state index in [0.717, 1.165) is 30.9 Å². The summed E-state index contributed by atoms with van der Waals surface area (Å²) in [6.07, 6.45) is 1.98. The van der Waals surface area contributed by atoms with E-state index in [4.69, 9.17) is 4.74 Å². The van der Waals surface area contributed by atoms with Crippen LogP contribution in [-0.4, -0.2) is 36.2 Å². The van der Waals surface area contributed by atoms with Gasteiger partial charge in [-0.15, -0.1) is 0 Å². The number of carbonyl (C=O) groups is 1. The van der Waals surface area contributed by atoms with E-state index in [9.17, 15) is 4.79 Å². The number of nitrogens with zero attached hydrogens (tertiary/aromatic N) is 1. The van der Waals surface area contributed by atoms with Gasteiger partial charge in [-0.1, -0.05) is 6.92 Å². The number of hydrogen-bond acceptors (Lipinski definition) is 4. The second-order valence-electron chi connectivity index (χ2n) is 5.25. The highest BCUT2D eigenvalue weighted by Gasteiger charge is 2.26. The fraction of sp³-hybridized carbons (Fsp3) is 0.600. The molecule has 2 N–H and O–H groups in total. The summed E-state index contributed by atoms with van der Waals surface area (Å²) < 4.78 is 5.46. The normalized spacial score (nSPS) is 21.8. The maximum Gasteiger partial charge on any atom is 0.251 e. The molecule has 1 aliphatic heterocycles. The van der Waals surface area contributed by atoms with Crippen molar-refractivity contribution < 1.29 is 9.53 Å². The lowest BCUT2D eigenvalue weighted by atomic mass is 10.1. The number of aromatic nitrogens is 1. The third-order valence-electron chi connectivity index (χ3n) is 3.46. The fourth-order valence-electron chi connectivity index (χ4n) is 2.32. The van der Waals surface area contributed by atoms with Gasteiger partial charge in [0.2, 0.25) is 0 Å². The van der Waals surface area contributed by atoms with Gasteiger partial charge >= 0.3 is 0 Å². The largest absolute Gasteiger partial charge is 0.376 e. The monoisotopic (exact) mass is 277 g/mol. The van der Waals surface area contributed by atoms with Crippen molar-refractivity contribution >= 4 is 11.7 Å². The highest BCUT2D eigenvalue weighted by molar-refractivity contribution is 5.95. The van der Waals surface area contributed by atoms with Gasteiger partial charge in [0, 0.05) is 24.4 Å². The number of hydrogen-bond donors (Lipinski definition) is 2. The Hall–Kier alpha value is -1.62. The van der Waals surface area contributed by atoms with Gasteiger partial charge in [-0.2, -0.15) is 0 Å². The predicted octanol–water partition coefficient (Wildman–Crippen LogP) is 2.12. The molecule has 0 spiro atoms. The van der Waals surface area contributed by atoms with Gasteiger partial charge in [-0.3, -0.25) is 4.79 Å². The molecule has 0 radical (unpaired) electrons. The first-order valence-electron chi connectivity index (χ1n) is 7.25. The van der Waals surface area contributed by atoms with Crippen molar-refractivity contribution in [2.24, 2.45) is 0 Å². The molecule has 2 rings (SSSR count). The van der Waals surface area contributed by atoms with Crippen LogP contribution >= 0.6 is 0 Å². The smallest absolute Gasteiger partial charge is 0.251 e. The van der Waals surface area contributed by atoms with Crippen LogP contribution in [0.2, 0.25) is 0 Å². The van der Waals surface area contributed by atoms with Gasteiger partial charge in [-0.05, 0) is 38.8 Å². The van der Waals surface area contributed by atoms with Gasteiger partial charge in [0.15, 0.2) is 0 Å². The maximum atomic E-state index is 12.3. The Balaban J connectivity index is 2.06. The zero-order chi connectivity index (χ0) is 14.5. The minimum Gasteiger partial charge on any atom is -0.376 e. The van der Waals surface area contributed by atoms with Crippen LogP contribution in [-0.2, 0) is 4.74 Å². The molecule has 1 aliphatic rings. The first kappa shape index (κ1) is 14.8. The molecule has 5 nitrogen and oxygen atoms in total. The molecule has 1 saturated heterocycles. The Morgan fingerprint density at radius 2 is 2.30 bits per heavy atom. The lowest BCUT2D eigenvalue weighted by Crippen LogP contribution is -2.39. The molecule has 1 aromatic rings. The molecular weight excluding hydrogens is 254 g/mol. The van der Waals surface area contributed by atoms with Crippen LogP contribution in [0.15, 0.2) is 12.1 Å². The molecule has 0 saturated carbocycles. The van der Waals surface area contributed by atoms with Crippen LogP contribution in [0.25, 0.3) is 0 Å². The summed E-state index contributed by atoms with van der Waals surface area (Å²) in [7, 11) is 0. The zero-order valence-corrected chi connectivity index (χ0v) is 12.4. The van der Waals surface area contributed by atoms with Crippen LogP contribution in [0.1, 0.15) is 42.7 Å². The topological polar surface area (TPSA) is 63.2 Å². The van der Waals surface area contributed by atoms with Gasteiger partial charge in [0.05, 0.1) is 12.1 Å². The molecule has 1 amide bonds. The molecule has 1 fully saturated rings. The molecule has 20 heavy (non-hydrogen) atoms. The first-order valence-corrected chi connectivity index (χ1v) is 7.25. The minimum atomic E-state index is -0.0580. The molecular formula is C15H23N3O2. The number of ether oxygens (including phenoxy) is 1. The van der Waals surface area contributed by atoms with E-state index in [1.165, 1.54) is 0 Å². The average molecular weight is 277 g/mol. The lowest BCUT2D eigenvalue weighted by molar-refractivity contribution is 0.0866. The van der Waals surface area contributed by atoms with Gasteiger partial charge in [-0.25, -0.2) is 4.98 Å². The van der Waals surface area contributed by atoms with Crippen molar-refractivity contribution in [3.8, 4) is 0 Å². The quantitative estimate of drug-likeness (QED) is 0.865. The Bertz CT molecular complexity index is 476. The molecule has 2 unspecified atom stereocenters. The molecule has 0 bridgehead atoms. The van der Waals surface area contributed by atoms with Gasteiger partial charge in [0.1, 0.15) is 5.82 Å². The number of aryl methyl sites for hydroxylation is 1. The average Bonchev–Trinajstić information content (AvgIpc) is 2.81. The number of amides is 1. The predicted molar refractivity (Wildman–Crippen MR) is 79.0 cm³/mol. The minimum absolute atomic E-state index is 0.0580. The van der Waals surface area contributed by atoms with Crippen LogP contribution < -0.4 is 10.6 Å². The summed E-state index contributed by atoms with van der Waals surface area (Å²) in [4.78, 5) is 16.7. The molecule has 2 heterocycles. The number of anilines is 1. The Morgan fingerprint density at radius 1 is 1.50 bits per heavy atom. The van der Waals surface area contributed by atoms with Crippen LogP contribution in [0.4, 0.5) is 5.82 Å². The van der Waals surface area contributed by atoms with Crippen molar-refractivity contribution in [2.75, 3.05) is 18.5 Å². The van der Waals surface area contributed by atoms with E-state index >= 15 is 0 Å². The molecule has 0 aromatic carbocycles. The molecule has 5 heteroatoms. The van der Waals surface area contributed by atoms with Gasteiger partial charge < -0.3 is 15.4 Å². The molecule has 0 aliphatic carbocycles. The summed E-state index contributed by atoms with van der Waals surface area (Å²) >= 11 is 0. The summed E-state index contributed by atoms with van der Waals surface area (Å²) in [5.74, 6) is 0.699. The number of carbonyl (C=O) groups excluding carboxylic acids is 1. The van der Waals surface area contributed by atoms with Crippen molar-refractivity contribution in [1.82, 2.24) is 10.3 Å². The second kappa shape index (κ2) is 6.70. The summed E-state index contributed by atoms with van der Waals surface area (Å²) in [5.41, 5.74) is 1.49. The fourth-order valence-corrected chi connectivity index (χ4v) is 2.32. The Morgan fingerprint density at radius 3 is 2.95 bits per heavy atom. The van der Waals surface area contributed by atoms with Crippen molar-refractivity contribution in [3.63, 3.8) is 0 Å². The maximum absolute atomic E-state index is 12.3. The van der Waals surface area contributed by atoms with E-state index in [2.05, 4.69) is 22.5 Å². The van der Waals surface area contributed by atoms with Gasteiger partial charge in [0.25, 0.3) is 5.91 Å².